The number of allylic oxidation sites excluding steroid dienone is 1. The summed E-state index contributed by atoms with van der Waals surface area (Å²) in [4.78, 5) is 13.7. The molecule has 2 aliphatic rings. The molecule has 38 heavy (non-hydrogen) atoms. The lowest BCUT2D eigenvalue weighted by molar-refractivity contribution is 0.154. The highest BCUT2D eigenvalue weighted by Gasteiger charge is 2.34. The van der Waals surface area contributed by atoms with Gasteiger partial charge in [0.05, 0.1) is 0 Å². The average Bonchev–Trinajstić information content (AvgIpc) is 3.38. The lowest BCUT2D eigenvalue weighted by Gasteiger charge is -2.41. The SMILES string of the molecule is CC1=C[C@@H](CN2CCN(c3ncccn3)CC2)[C@H](C(C)C)C[C@H]1Cc1nnc(COc2ccc(F)cc2)o1. The molecule has 8 nitrogen and oxygen atoms in total. The molecule has 0 spiro atoms. The van der Waals surface area contributed by atoms with Gasteiger partial charge in [-0.1, -0.05) is 25.5 Å². The van der Waals surface area contributed by atoms with E-state index in [1.165, 1.54) is 17.7 Å². The number of rotatable bonds is 9. The molecule has 3 atom stereocenters. The van der Waals surface area contributed by atoms with E-state index in [4.69, 9.17) is 9.15 Å². The van der Waals surface area contributed by atoms with Crippen molar-refractivity contribution in [1.82, 2.24) is 25.1 Å². The van der Waals surface area contributed by atoms with Crippen LogP contribution in [-0.2, 0) is 13.0 Å². The summed E-state index contributed by atoms with van der Waals surface area (Å²) in [6.45, 7) is 12.1. The molecule has 2 aromatic heterocycles. The van der Waals surface area contributed by atoms with E-state index < -0.39 is 0 Å². The molecule has 0 unspecified atom stereocenters. The third-order valence-electron chi connectivity index (χ3n) is 7.87. The van der Waals surface area contributed by atoms with Crippen LogP contribution >= 0.6 is 0 Å². The number of aromatic nitrogens is 4. The standard InChI is InChI=1S/C29H37FN6O2/c1-20(2)26-16-22(17-27-33-34-28(38-27)19-37-25-7-5-24(30)6-8-25)21(3)15-23(26)18-35-11-13-36(14-12-35)29-31-9-4-10-32-29/h4-10,15,20,22-23,26H,11-14,16-19H2,1-3H3/t22-,23-,26-/m0/s1. The highest BCUT2D eigenvalue weighted by atomic mass is 19.1. The van der Waals surface area contributed by atoms with Gasteiger partial charge in [-0.25, -0.2) is 14.4 Å². The molecule has 1 aromatic carbocycles. The van der Waals surface area contributed by atoms with E-state index in [1.807, 2.05) is 18.5 Å². The molecule has 202 valence electrons. The molecule has 0 N–H and O–H groups in total. The second-order valence-electron chi connectivity index (χ2n) is 10.8. The summed E-state index contributed by atoms with van der Waals surface area (Å²) in [5.41, 5.74) is 1.41. The minimum atomic E-state index is -0.295. The maximum absolute atomic E-state index is 13.1. The second-order valence-corrected chi connectivity index (χ2v) is 10.8. The molecule has 3 aromatic rings. The topological polar surface area (TPSA) is 80.4 Å². The number of anilines is 1. The molecular weight excluding hydrogens is 483 g/mol. The van der Waals surface area contributed by atoms with Crippen LogP contribution in [0.1, 0.15) is 39.0 Å². The van der Waals surface area contributed by atoms with Crippen LogP contribution in [0.25, 0.3) is 0 Å². The first-order valence-corrected chi connectivity index (χ1v) is 13.6. The number of nitrogens with zero attached hydrogens (tertiary/aromatic N) is 6. The van der Waals surface area contributed by atoms with Gasteiger partial charge >= 0.3 is 0 Å². The van der Waals surface area contributed by atoms with Crippen molar-refractivity contribution in [1.29, 1.82) is 0 Å². The third kappa shape index (κ3) is 6.56. The second kappa shape index (κ2) is 12.0. The van der Waals surface area contributed by atoms with E-state index >= 15 is 0 Å². The fraction of sp³-hybridized carbons (Fsp3) is 0.517. The average molecular weight is 521 g/mol. The summed E-state index contributed by atoms with van der Waals surface area (Å²) in [7, 11) is 0. The quantitative estimate of drug-likeness (QED) is 0.373. The van der Waals surface area contributed by atoms with Gasteiger partial charge in [-0.15, -0.1) is 10.2 Å². The highest BCUT2D eigenvalue weighted by Crippen LogP contribution is 2.39. The first-order chi connectivity index (χ1) is 18.4. The lowest BCUT2D eigenvalue weighted by atomic mass is 9.69. The van der Waals surface area contributed by atoms with E-state index in [-0.39, 0.29) is 12.4 Å². The van der Waals surface area contributed by atoms with Crippen molar-refractivity contribution < 1.29 is 13.5 Å². The zero-order chi connectivity index (χ0) is 26.5. The maximum Gasteiger partial charge on any atom is 0.253 e. The summed E-state index contributed by atoms with van der Waals surface area (Å²) in [5, 5.41) is 8.44. The van der Waals surface area contributed by atoms with Crippen LogP contribution in [0, 0.1) is 29.5 Å². The molecule has 0 amide bonds. The largest absolute Gasteiger partial charge is 0.484 e. The molecule has 0 radical (unpaired) electrons. The van der Waals surface area contributed by atoms with Gasteiger partial charge in [0.25, 0.3) is 5.89 Å². The first-order valence-electron chi connectivity index (χ1n) is 13.6. The van der Waals surface area contributed by atoms with Gasteiger partial charge in [0.15, 0.2) is 6.61 Å². The smallest absolute Gasteiger partial charge is 0.253 e. The van der Waals surface area contributed by atoms with Crippen molar-refractivity contribution >= 4 is 5.95 Å². The molecular formula is C29H37FN6O2. The van der Waals surface area contributed by atoms with E-state index in [9.17, 15) is 4.39 Å². The fourth-order valence-electron chi connectivity index (χ4n) is 5.68. The molecule has 1 aliphatic heterocycles. The van der Waals surface area contributed by atoms with Crippen molar-refractivity contribution in [3.63, 3.8) is 0 Å². The number of halogens is 1. The van der Waals surface area contributed by atoms with Crippen LogP contribution in [0.15, 0.2) is 58.8 Å². The number of hydrogen-bond donors (Lipinski definition) is 0. The van der Waals surface area contributed by atoms with Gasteiger partial charge in [-0.2, -0.15) is 0 Å². The molecule has 0 bridgehead atoms. The normalized spacial score (nSPS) is 22.5. The van der Waals surface area contributed by atoms with Crippen LogP contribution in [-0.4, -0.2) is 57.8 Å². The summed E-state index contributed by atoms with van der Waals surface area (Å²) >= 11 is 0. The van der Waals surface area contributed by atoms with Crippen LogP contribution in [0.2, 0.25) is 0 Å². The van der Waals surface area contributed by atoms with Crippen LogP contribution in [0.5, 0.6) is 5.75 Å². The molecule has 1 saturated heterocycles. The van der Waals surface area contributed by atoms with Crippen LogP contribution < -0.4 is 9.64 Å². The number of hydrogen-bond acceptors (Lipinski definition) is 8. The zero-order valence-electron chi connectivity index (χ0n) is 22.5. The van der Waals surface area contributed by atoms with Crippen LogP contribution in [0.4, 0.5) is 10.3 Å². The Hall–Kier alpha value is -3.33. The summed E-state index contributed by atoms with van der Waals surface area (Å²) < 4.78 is 24.6. The van der Waals surface area contributed by atoms with Gasteiger partial charge in [-0.05, 0) is 67.3 Å². The molecule has 1 fully saturated rings. The Kier molecular flexibility index (Phi) is 8.32. The Bertz CT molecular complexity index is 1190. The van der Waals surface area contributed by atoms with E-state index in [1.54, 1.807) is 12.1 Å². The Morgan fingerprint density at radius 1 is 1.03 bits per heavy atom. The zero-order valence-corrected chi connectivity index (χ0v) is 22.5. The number of ether oxygens (including phenoxy) is 1. The van der Waals surface area contributed by atoms with Crippen molar-refractivity contribution in [3.8, 4) is 5.75 Å². The van der Waals surface area contributed by atoms with Gasteiger partial charge in [0.1, 0.15) is 11.6 Å². The van der Waals surface area contributed by atoms with Crippen molar-refractivity contribution in [2.45, 2.75) is 40.2 Å². The van der Waals surface area contributed by atoms with Crippen molar-refractivity contribution in [2.75, 3.05) is 37.6 Å². The number of benzene rings is 1. The predicted octanol–water partition coefficient (Wildman–Crippen LogP) is 4.80. The Balaban J connectivity index is 1.16. The monoisotopic (exact) mass is 520 g/mol. The summed E-state index contributed by atoms with van der Waals surface area (Å²) in [5.74, 6) is 4.28. The Morgan fingerprint density at radius 3 is 2.45 bits per heavy atom. The van der Waals surface area contributed by atoms with Crippen molar-refractivity contribution in [2.24, 2.45) is 23.7 Å². The Labute approximate surface area is 223 Å². The maximum atomic E-state index is 13.1. The van der Waals surface area contributed by atoms with E-state index in [2.05, 4.69) is 56.8 Å². The van der Waals surface area contributed by atoms with Gasteiger partial charge in [0, 0.05) is 51.5 Å². The minimum absolute atomic E-state index is 0.165. The highest BCUT2D eigenvalue weighted by molar-refractivity contribution is 5.29. The summed E-state index contributed by atoms with van der Waals surface area (Å²) in [6, 6.07) is 7.76. The predicted molar refractivity (Wildman–Crippen MR) is 143 cm³/mol. The fourth-order valence-corrected chi connectivity index (χ4v) is 5.68. The van der Waals surface area contributed by atoms with E-state index in [0.717, 1.165) is 51.5 Å². The molecule has 3 heterocycles. The molecule has 9 heteroatoms. The Morgan fingerprint density at radius 2 is 1.74 bits per heavy atom. The van der Waals surface area contributed by atoms with Gasteiger partial charge in [0.2, 0.25) is 11.8 Å². The third-order valence-corrected chi connectivity index (χ3v) is 7.87. The first kappa shape index (κ1) is 26.3. The van der Waals surface area contributed by atoms with Crippen molar-refractivity contribution in [3.05, 3.63) is 72.0 Å². The van der Waals surface area contributed by atoms with Gasteiger partial charge in [-0.3, -0.25) is 4.90 Å². The summed E-state index contributed by atoms with van der Waals surface area (Å²) in [6.07, 6.45) is 7.97. The molecule has 5 rings (SSSR count). The van der Waals surface area contributed by atoms with Gasteiger partial charge < -0.3 is 14.1 Å². The lowest BCUT2D eigenvalue weighted by Crippen LogP contribution is -2.49. The van der Waals surface area contributed by atoms with Crippen LogP contribution in [0.3, 0.4) is 0 Å². The van der Waals surface area contributed by atoms with E-state index in [0.29, 0.717) is 41.2 Å². The minimum Gasteiger partial charge on any atom is -0.484 e. The molecule has 1 aliphatic carbocycles. The molecule has 0 saturated carbocycles. The number of piperazine rings is 1.